The molecule has 2 N–H and O–H groups in total. The summed E-state index contributed by atoms with van der Waals surface area (Å²) in [6.45, 7) is 0.817. The van der Waals surface area contributed by atoms with Crippen molar-refractivity contribution in [3.8, 4) is 0 Å². The quantitative estimate of drug-likeness (QED) is 0.761. The second kappa shape index (κ2) is 5.42. The Morgan fingerprint density at radius 2 is 2.11 bits per heavy atom. The standard InChI is InChI=1S/C12H13N3O3/c1-18-7-6-13-12(17)10-8-4-2-3-5-9(8)11(16)15-14-10/h2-5H,6-7H2,1H3,(H,13,17)(H,15,16). The van der Waals surface area contributed by atoms with Gasteiger partial charge in [-0.3, -0.25) is 9.59 Å². The average Bonchev–Trinajstić information content (AvgIpc) is 2.39. The fraction of sp³-hybridized carbons (Fsp3) is 0.250. The van der Waals surface area contributed by atoms with Gasteiger partial charge in [0.15, 0.2) is 5.69 Å². The van der Waals surface area contributed by atoms with Crippen LogP contribution in [0.1, 0.15) is 10.5 Å². The maximum Gasteiger partial charge on any atom is 0.272 e. The number of hydrogen-bond acceptors (Lipinski definition) is 4. The molecular formula is C12H13N3O3. The van der Waals surface area contributed by atoms with Gasteiger partial charge in [-0.15, -0.1) is 0 Å². The van der Waals surface area contributed by atoms with E-state index in [4.69, 9.17) is 4.74 Å². The molecule has 1 aromatic carbocycles. The van der Waals surface area contributed by atoms with Crippen molar-refractivity contribution in [1.82, 2.24) is 15.5 Å². The summed E-state index contributed by atoms with van der Waals surface area (Å²) in [5.74, 6) is -0.334. The molecule has 1 amide bonds. The number of nitrogens with zero attached hydrogens (tertiary/aromatic N) is 1. The summed E-state index contributed by atoms with van der Waals surface area (Å²) in [6, 6.07) is 6.85. The van der Waals surface area contributed by atoms with Gasteiger partial charge >= 0.3 is 0 Å². The Bertz CT molecular complexity index is 621. The van der Waals surface area contributed by atoms with Crippen molar-refractivity contribution in [2.75, 3.05) is 20.3 Å². The first-order chi connectivity index (χ1) is 8.74. The van der Waals surface area contributed by atoms with Crippen LogP contribution in [0, 0.1) is 0 Å². The minimum Gasteiger partial charge on any atom is -0.383 e. The molecule has 0 saturated heterocycles. The normalized spacial score (nSPS) is 10.5. The highest BCUT2D eigenvalue weighted by Crippen LogP contribution is 2.11. The number of amides is 1. The third-order valence-corrected chi connectivity index (χ3v) is 2.50. The van der Waals surface area contributed by atoms with Gasteiger partial charge in [0.25, 0.3) is 11.5 Å². The molecule has 0 aliphatic heterocycles. The molecule has 2 rings (SSSR count). The second-order valence-corrected chi connectivity index (χ2v) is 3.70. The Labute approximate surface area is 103 Å². The van der Waals surface area contributed by atoms with Crippen molar-refractivity contribution >= 4 is 16.7 Å². The number of benzene rings is 1. The van der Waals surface area contributed by atoms with Gasteiger partial charge < -0.3 is 10.1 Å². The molecule has 6 nitrogen and oxygen atoms in total. The lowest BCUT2D eigenvalue weighted by atomic mass is 10.1. The topological polar surface area (TPSA) is 84.1 Å². The number of fused-ring (bicyclic) bond motifs is 1. The lowest BCUT2D eigenvalue weighted by molar-refractivity contribution is 0.0933. The Morgan fingerprint density at radius 1 is 1.39 bits per heavy atom. The number of H-pyrrole nitrogens is 1. The van der Waals surface area contributed by atoms with E-state index in [0.29, 0.717) is 23.9 Å². The van der Waals surface area contributed by atoms with E-state index in [1.807, 2.05) is 0 Å². The number of carbonyl (C=O) groups is 1. The van der Waals surface area contributed by atoms with Gasteiger partial charge in [-0.2, -0.15) is 5.10 Å². The Balaban J connectivity index is 2.36. The van der Waals surface area contributed by atoms with E-state index in [1.165, 1.54) is 0 Å². The van der Waals surface area contributed by atoms with Crippen LogP contribution in [-0.4, -0.2) is 36.4 Å². The zero-order valence-corrected chi connectivity index (χ0v) is 9.90. The predicted molar refractivity (Wildman–Crippen MR) is 66.6 cm³/mol. The third kappa shape index (κ3) is 2.38. The fourth-order valence-electron chi connectivity index (χ4n) is 1.64. The van der Waals surface area contributed by atoms with E-state index in [-0.39, 0.29) is 17.2 Å². The number of methoxy groups -OCH3 is 1. The smallest absolute Gasteiger partial charge is 0.272 e. The SMILES string of the molecule is COCCNC(=O)c1n[nH]c(=O)c2ccccc12. The first kappa shape index (κ1) is 12.3. The molecule has 1 aromatic heterocycles. The van der Waals surface area contributed by atoms with Crippen molar-refractivity contribution in [2.24, 2.45) is 0 Å². The molecule has 2 aromatic rings. The minimum absolute atomic E-state index is 0.210. The molecule has 0 bridgehead atoms. The van der Waals surface area contributed by atoms with Gasteiger partial charge in [0.1, 0.15) is 0 Å². The number of carbonyl (C=O) groups excluding carboxylic acids is 1. The first-order valence-corrected chi connectivity index (χ1v) is 5.48. The van der Waals surface area contributed by atoms with Gasteiger partial charge in [-0.25, -0.2) is 5.10 Å². The second-order valence-electron chi connectivity index (χ2n) is 3.70. The molecule has 6 heteroatoms. The first-order valence-electron chi connectivity index (χ1n) is 5.48. The van der Waals surface area contributed by atoms with Crippen LogP contribution in [0.5, 0.6) is 0 Å². The molecule has 94 valence electrons. The highest BCUT2D eigenvalue weighted by Gasteiger charge is 2.12. The summed E-state index contributed by atoms with van der Waals surface area (Å²) in [5.41, 5.74) is -0.0969. The van der Waals surface area contributed by atoms with E-state index in [9.17, 15) is 9.59 Å². The van der Waals surface area contributed by atoms with Crippen LogP contribution >= 0.6 is 0 Å². The van der Waals surface area contributed by atoms with E-state index in [2.05, 4.69) is 15.5 Å². The summed E-state index contributed by atoms with van der Waals surface area (Å²) in [7, 11) is 1.56. The van der Waals surface area contributed by atoms with Crippen LogP contribution in [0.4, 0.5) is 0 Å². The minimum atomic E-state index is -0.334. The predicted octanol–water partition coefficient (Wildman–Crippen LogP) is 0.299. The van der Waals surface area contributed by atoms with E-state index in [1.54, 1.807) is 31.4 Å². The van der Waals surface area contributed by atoms with Crippen molar-refractivity contribution in [3.05, 3.63) is 40.3 Å². The molecule has 0 radical (unpaired) electrons. The number of aromatic amines is 1. The average molecular weight is 247 g/mol. The van der Waals surface area contributed by atoms with E-state index in [0.717, 1.165) is 0 Å². The summed E-state index contributed by atoms with van der Waals surface area (Å²) in [5, 5.41) is 9.76. The number of rotatable bonds is 4. The van der Waals surface area contributed by atoms with Gasteiger partial charge in [0, 0.05) is 19.0 Å². The molecule has 18 heavy (non-hydrogen) atoms. The van der Waals surface area contributed by atoms with Gasteiger partial charge in [0.2, 0.25) is 0 Å². The highest BCUT2D eigenvalue weighted by atomic mass is 16.5. The largest absolute Gasteiger partial charge is 0.383 e. The van der Waals surface area contributed by atoms with Crippen LogP contribution < -0.4 is 10.9 Å². The summed E-state index contributed by atoms with van der Waals surface area (Å²) >= 11 is 0. The maximum atomic E-state index is 11.9. The number of aromatic nitrogens is 2. The van der Waals surface area contributed by atoms with Crippen LogP contribution in [0.2, 0.25) is 0 Å². The molecular weight excluding hydrogens is 234 g/mol. The summed E-state index contributed by atoms with van der Waals surface area (Å²) in [6.07, 6.45) is 0. The van der Waals surface area contributed by atoms with E-state index < -0.39 is 0 Å². The van der Waals surface area contributed by atoms with Crippen LogP contribution in [0.15, 0.2) is 29.1 Å². The molecule has 0 atom stereocenters. The van der Waals surface area contributed by atoms with Gasteiger partial charge in [-0.05, 0) is 6.07 Å². The lowest BCUT2D eigenvalue weighted by Crippen LogP contribution is -2.29. The van der Waals surface area contributed by atoms with Crippen molar-refractivity contribution in [1.29, 1.82) is 0 Å². The molecule has 0 unspecified atom stereocenters. The van der Waals surface area contributed by atoms with Gasteiger partial charge in [-0.1, -0.05) is 18.2 Å². The van der Waals surface area contributed by atoms with Crippen molar-refractivity contribution < 1.29 is 9.53 Å². The Hall–Kier alpha value is -2.21. The van der Waals surface area contributed by atoms with E-state index >= 15 is 0 Å². The number of hydrogen-bond donors (Lipinski definition) is 2. The molecule has 1 heterocycles. The molecule has 0 aliphatic carbocycles. The summed E-state index contributed by atoms with van der Waals surface area (Å²) in [4.78, 5) is 23.4. The monoisotopic (exact) mass is 247 g/mol. The third-order valence-electron chi connectivity index (χ3n) is 2.50. The molecule has 0 spiro atoms. The Kier molecular flexibility index (Phi) is 3.69. The maximum absolute atomic E-state index is 11.9. The lowest BCUT2D eigenvalue weighted by Gasteiger charge is -2.05. The number of nitrogens with one attached hydrogen (secondary N) is 2. The zero-order chi connectivity index (χ0) is 13.0. The fourth-order valence-corrected chi connectivity index (χ4v) is 1.64. The van der Waals surface area contributed by atoms with Crippen LogP contribution in [0.3, 0.4) is 0 Å². The molecule has 0 aliphatic rings. The number of ether oxygens (including phenoxy) is 1. The zero-order valence-electron chi connectivity index (χ0n) is 9.90. The molecule has 0 saturated carbocycles. The van der Waals surface area contributed by atoms with Crippen molar-refractivity contribution in [2.45, 2.75) is 0 Å². The molecule has 0 fully saturated rings. The van der Waals surface area contributed by atoms with Crippen molar-refractivity contribution in [3.63, 3.8) is 0 Å². The van der Waals surface area contributed by atoms with Crippen LogP contribution in [0.25, 0.3) is 10.8 Å². The Morgan fingerprint density at radius 3 is 2.83 bits per heavy atom. The van der Waals surface area contributed by atoms with Gasteiger partial charge in [0.05, 0.1) is 12.0 Å². The van der Waals surface area contributed by atoms with Crippen LogP contribution in [-0.2, 0) is 4.74 Å². The summed E-state index contributed by atoms with van der Waals surface area (Å²) < 4.78 is 4.84. The highest BCUT2D eigenvalue weighted by molar-refractivity contribution is 6.04.